The van der Waals surface area contributed by atoms with Crippen LogP contribution < -0.4 is 0 Å². The maximum Gasteiger partial charge on any atom is 0.120 e. The van der Waals surface area contributed by atoms with Crippen molar-refractivity contribution < 1.29 is 0 Å². The smallest absolute Gasteiger partial charge is 0.120 e. The van der Waals surface area contributed by atoms with Gasteiger partial charge in [-0.25, -0.2) is 0 Å². The van der Waals surface area contributed by atoms with E-state index in [0.717, 1.165) is 16.3 Å². The van der Waals surface area contributed by atoms with Crippen LogP contribution in [0.1, 0.15) is 31.0 Å². The molecule has 0 amide bonds. The lowest BCUT2D eigenvalue weighted by Gasteiger charge is -1.99. The fourth-order valence-electron chi connectivity index (χ4n) is 1.48. The minimum absolute atomic E-state index is 0.292. The molecule has 15 heavy (non-hydrogen) atoms. The van der Waals surface area contributed by atoms with Crippen molar-refractivity contribution >= 4 is 11.3 Å². The topological polar surface area (TPSA) is 52.5 Å². The predicted octanol–water partition coefficient (Wildman–Crippen LogP) is 3.13. The number of hydrogen-bond acceptors (Lipinski definition) is 3. The third-order valence-corrected chi connectivity index (χ3v) is 3.11. The second-order valence-corrected chi connectivity index (χ2v) is 4.55. The molecule has 0 fully saturated rings. The lowest BCUT2D eigenvalue weighted by Crippen LogP contribution is -1.90. The molecule has 76 valence electrons. The standard InChI is InChI=1S/C11H11N3S/c1-7(2)10-8(6-12)11(14-13-10)9-4-3-5-15-9/h3-5,7H,1-2H3,(H,13,14). The molecule has 0 aliphatic heterocycles. The van der Waals surface area contributed by atoms with Gasteiger partial charge in [0.25, 0.3) is 0 Å². The number of hydrogen-bond donors (Lipinski definition) is 1. The van der Waals surface area contributed by atoms with Gasteiger partial charge in [-0.2, -0.15) is 10.4 Å². The second-order valence-electron chi connectivity index (χ2n) is 3.60. The lowest BCUT2D eigenvalue weighted by molar-refractivity contribution is 0.808. The van der Waals surface area contributed by atoms with Crippen LogP contribution >= 0.6 is 11.3 Å². The van der Waals surface area contributed by atoms with Gasteiger partial charge in [-0.05, 0) is 17.4 Å². The van der Waals surface area contributed by atoms with Crippen molar-refractivity contribution in [3.05, 3.63) is 28.8 Å². The molecule has 0 bridgehead atoms. The summed E-state index contributed by atoms with van der Waals surface area (Å²) >= 11 is 1.60. The number of nitrogens with one attached hydrogen (secondary N) is 1. The van der Waals surface area contributed by atoms with Crippen LogP contribution in [0, 0.1) is 11.3 Å². The number of nitriles is 1. The normalized spacial score (nSPS) is 10.5. The van der Waals surface area contributed by atoms with Crippen LogP contribution in [0.5, 0.6) is 0 Å². The van der Waals surface area contributed by atoms with Crippen molar-refractivity contribution in [3.63, 3.8) is 0 Å². The minimum atomic E-state index is 0.292. The van der Waals surface area contributed by atoms with E-state index < -0.39 is 0 Å². The van der Waals surface area contributed by atoms with E-state index in [1.54, 1.807) is 11.3 Å². The Morgan fingerprint density at radius 2 is 2.33 bits per heavy atom. The fourth-order valence-corrected chi connectivity index (χ4v) is 2.20. The largest absolute Gasteiger partial charge is 0.280 e. The van der Waals surface area contributed by atoms with Gasteiger partial charge >= 0.3 is 0 Å². The summed E-state index contributed by atoms with van der Waals surface area (Å²) in [5.74, 6) is 0.292. The van der Waals surface area contributed by atoms with E-state index in [9.17, 15) is 0 Å². The summed E-state index contributed by atoms with van der Waals surface area (Å²) in [6.07, 6.45) is 0. The fraction of sp³-hybridized carbons (Fsp3) is 0.273. The highest BCUT2D eigenvalue weighted by Crippen LogP contribution is 2.29. The van der Waals surface area contributed by atoms with Gasteiger partial charge in [0.15, 0.2) is 0 Å². The van der Waals surface area contributed by atoms with Gasteiger partial charge in [-0.3, -0.25) is 5.10 Å². The molecule has 0 unspecified atom stereocenters. The molecule has 0 aliphatic carbocycles. The number of rotatable bonds is 2. The highest BCUT2D eigenvalue weighted by atomic mass is 32.1. The Labute approximate surface area is 92.4 Å². The Bertz CT molecular complexity index is 488. The van der Waals surface area contributed by atoms with Gasteiger partial charge < -0.3 is 0 Å². The Morgan fingerprint density at radius 1 is 1.53 bits per heavy atom. The SMILES string of the molecule is CC(C)c1[nH]nc(-c2cccs2)c1C#N. The van der Waals surface area contributed by atoms with Crippen LogP contribution in [0.15, 0.2) is 17.5 Å². The number of nitrogens with zero attached hydrogens (tertiary/aromatic N) is 2. The van der Waals surface area contributed by atoms with E-state index in [1.807, 2.05) is 31.4 Å². The highest BCUT2D eigenvalue weighted by Gasteiger charge is 2.16. The maximum absolute atomic E-state index is 9.13. The van der Waals surface area contributed by atoms with Gasteiger partial charge in [0.2, 0.25) is 0 Å². The van der Waals surface area contributed by atoms with Crippen molar-refractivity contribution in [2.75, 3.05) is 0 Å². The summed E-state index contributed by atoms with van der Waals surface area (Å²) in [6.45, 7) is 4.10. The van der Waals surface area contributed by atoms with Crippen LogP contribution in [0.3, 0.4) is 0 Å². The first-order valence-electron chi connectivity index (χ1n) is 4.76. The van der Waals surface area contributed by atoms with E-state index in [-0.39, 0.29) is 0 Å². The van der Waals surface area contributed by atoms with E-state index >= 15 is 0 Å². The molecule has 0 spiro atoms. The maximum atomic E-state index is 9.13. The van der Waals surface area contributed by atoms with Crippen LogP contribution in [0.25, 0.3) is 10.6 Å². The van der Waals surface area contributed by atoms with Gasteiger partial charge in [0, 0.05) is 0 Å². The zero-order valence-corrected chi connectivity index (χ0v) is 9.43. The van der Waals surface area contributed by atoms with Crippen molar-refractivity contribution in [2.45, 2.75) is 19.8 Å². The molecule has 0 aliphatic rings. The summed E-state index contributed by atoms with van der Waals surface area (Å²) in [7, 11) is 0. The van der Waals surface area contributed by atoms with Crippen molar-refractivity contribution in [2.24, 2.45) is 0 Å². The zero-order valence-electron chi connectivity index (χ0n) is 8.61. The van der Waals surface area contributed by atoms with E-state index in [2.05, 4.69) is 16.3 Å². The summed E-state index contributed by atoms with van der Waals surface area (Å²) in [4.78, 5) is 1.04. The predicted molar refractivity (Wildman–Crippen MR) is 60.7 cm³/mol. The molecule has 2 aromatic heterocycles. The molecule has 0 aromatic carbocycles. The molecule has 3 nitrogen and oxygen atoms in total. The van der Waals surface area contributed by atoms with Crippen LogP contribution in [0.2, 0.25) is 0 Å². The number of thiophene rings is 1. The molecule has 2 rings (SSSR count). The summed E-state index contributed by atoms with van der Waals surface area (Å²) in [5.41, 5.74) is 2.37. The molecule has 2 aromatic rings. The summed E-state index contributed by atoms with van der Waals surface area (Å²) < 4.78 is 0. The third-order valence-electron chi connectivity index (χ3n) is 2.24. The average Bonchev–Trinajstić information content (AvgIpc) is 2.85. The minimum Gasteiger partial charge on any atom is -0.280 e. The molecule has 0 saturated carbocycles. The van der Waals surface area contributed by atoms with Crippen LogP contribution in [-0.2, 0) is 0 Å². The summed E-state index contributed by atoms with van der Waals surface area (Å²) in [5, 5.41) is 18.3. The molecule has 0 saturated heterocycles. The Morgan fingerprint density at radius 3 is 2.87 bits per heavy atom. The molecule has 2 heterocycles. The van der Waals surface area contributed by atoms with Crippen molar-refractivity contribution in [1.29, 1.82) is 5.26 Å². The first kappa shape index (κ1) is 9.94. The number of aromatic amines is 1. The number of H-pyrrole nitrogens is 1. The average molecular weight is 217 g/mol. The van der Waals surface area contributed by atoms with Crippen LogP contribution in [0.4, 0.5) is 0 Å². The van der Waals surface area contributed by atoms with Gasteiger partial charge in [-0.1, -0.05) is 19.9 Å². The quantitative estimate of drug-likeness (QED) is 0.840. The van der Waals surface area contributed by atoms with Crippen LogP contribution in [-0.4, -0.2) is 10.2 Å². The summed E-state index contributed by atoms with van der Waals surface area (Å²) in [6, 6.07) is 6.17. The Kier molecular flexibility index (Phi) is 2.57. The first-order chi connectivity index (χ1) is 7.24. The molecular weight excluding hydrogens is 206 g/mol. The number of aromatic nitrogens is 2. The third kappa shape index (κ3) is 1.66. The molecule has 0 atom stereocenters. The highest BCUT2D eigenvalue weighted by molar-refractivity contribution is 7.13. The Balaban J connectivity index is 2.56. The molecule has 0 radical (unpaired) electrons. The zero-order chi connectivity index (χ0) is 10.8. The molecule has 1 N–H and O–H groups in total. The van der Waals surface area contributed by atoms with Crippen molar-refractivity contribution in [1.82, 2.24) is 10.2 Å². The molecular formula is C11H11N3S. The van der Waals surface area contributed by atoms with Gasteiger partial charge in [0.1, 0.15) is 17.3 Å². The Hall–Kier alpha value is -1.60. The van der Waals surface area contributed by atoms with E-state index in [0.29, 0.717) is 11.5 Å². The second kappa shape index (κ2) is 3.87. The van der Waals surface area contributed by atoms with Crippen molar-refractivity contribution in [3.8, 4) is 16.6 Å². The van der Waals surface area contributed by atoms with Gasteiger partial charge in [0.05, 0.1) is 10.6 Å². The van der Waals surface area contributed by atoms with E-state index in [1.165, 1.54) is 0 Å². The monoisotopic (exact) mass is 217 g/mol. The van der Waals surface area contributed by atoms with E-state index in [4.69, 9.17) is 5.26 Å². The lowest BCUT2D eigenvalue weighted by atomic mass is 10.0. The molecule has 4 heteroatoms. The first-order valence-corrected chi connectivity index (χ1v) is 5.64. The van der Waals surface area contributed by atoms with Gasteiger partial charge in [-0.15, -0.1) is 11.3 Å².